The molecule has 0 atom stereocenters. The van der Waals surface area contributed by atoms with Crippen molar-refractivity contribution in [2.75, 3.05) is 44.7 Å². The van der Waals surface area contributed by atoms with Gasteiger partial charge in [-0.2, -0.15) is 0 Å². The van der Waals surface area contributed by atoms with Crippen LogP contribution in [0.4, 0.5) is 11.4 Å². The smallest absolute Gasteiger partial charge is 0.277 e. The molecule has 1 aliphatic heterocycles. The third-order valence-electron chi connectivity index (χ3n) is 5.57. The van der Waals surface area contributed by atoms with Crippen molar-refractivity contribution >= 4 is 17.3 Å². The molecular formula is C22H29N4O3+. The number of nitrogens with one attached hydrogen (secondary N) is 1. The summed E-state index contributed by atoms with van der Waals surface area (Å²) in [7, 11) is 1.86. The van der Waals surface area contributed by atoms with E-state index in [-0.39, 0.29) is 16.5 Å². The van der Waals surface area contributed by atoms with Gasteiger partial charge >= 0.3 is 0 Å². The fourth-order valence-corrected chi connectivity index (χ4v) is 3.63. The lowest BCUT2D eigenvalue weighted by Crippen LogP contribution is -3.15. The maximum Gasteiger partial charge on any atom is 0.277 e. The van der Waals surface area contributed by atoms with Gasteiger partial charge in [0.1, 0.15) is 0 Å². The van der Waals surface area contributed by atoms with E-state index in [0.29, 0.717) is 13.1 Å². The molecule has 0 radical (unpaired) electrons. The Morgan fingerprint density at radius 2 is 1.66 bits per heavy atom. The average Bonchev–Trinajstić information content (AvgIpc) is 2.75. The van der Waals surface area contributed by atoms with Crippen LogP contribution in [-0.4, -0.2) is 55.5 Å². The molecule has 0 unspecified atom stereocenters. The van der Waals surface area contributed by atoms with Crippen LogP contribution < -0.4 is 9.80 Å². The van der Waals surface area contributed by atoms with Crippen molar-refractivity contribution in [3.63, 3.8) is 0 Å². The van der Waals surface area contributed by atoms with Crippen LogP contribution in [0.15, 0.2) is 48.5 Å². The minimum Gasteiger partial charge on any atom is -0.360 e. The third kappa shape index (κ3) is 5.54. The second kappa shape index (κ2) is 9.52. The van der Waals surface area contributed by atoms with Gasteiger partial charge in [-0.3, -0.25) is 14.9 Å². The van der Waals surface area contributed by atoms with Crippen LogP contribution in [0.1, 0.15) is 18.1 Å². The fourth-order valence-electron chi connectivity index (χ4n) is 3.63. The number of non-ortho nitro benzene ring substituents is 1. The molecule has 3 rings (SSSR count). The van der Waals surface area contributed by atoms with E-state index in [4.69, 9.17) is 0 Å². The number of likely N-dealkylation sites (N-methyl/N-ethyl adjacent to an activating group) is 1. The molecule has 7 heteroatoms. The van der Waals surface area contributed by atoms with E-state index in [1.807, 2.05) is 7.05 Å². The fraction of sp³-hybridized carbons (Fsp3) is 0.409. The number of aryl methyl sites for hydroxylation is 1. The molecule has 2 aromatic rings. The van der Waals surface area contributed by atoms with E-state index < -0.39 is 0 Å². The summed E-state index contributed by atoms with van der Waals surface area (Å²) < 4.78 is 0. The Labute approximate surface area is 171 Å². The van der Waals surface area contributed by atoms with Crippen LogP contribution in [0, 0.1) is 10.1 Å². The summed E-state index contributed by atoms with van der Waals surface area (Å²) in [6.45, 7) is 6.69. The number of hydrogen-bond donors (Lipinski definition) is 1. The summed E-state index contributed by atoms with van der Waals surface area (Å²) in [5.74, 6) is 0.156. The maximum atomic E-state index is 12.6. The number of rotatable bonds is 7. The van der Waals surface area contributed by atoms with Crippen molar-refractivity contribution in [2.45, 2.75) is 19.9 Å². The van der Waals surface area contributed by atoms with Crippen LogP contribution in [0.2, 0.25) is 0 Å². The molecule has 2 aromatic carbocycles. The number of quaternary nitrogens is 1. The summed E-state index contributed by atoms with van der Waals surface area (Å²) in [5.41, 5.74) is 3.55. The predicted octanol–water partition coefficient (Wildman–Crippen LogP) is 1.52. The van der Waals surface area contributed by atoms with Gasteiger partial charge in [-0.25, -0.2) is 0 Å². The zero-order chi connectivity index (χ0) is 20.8. The lowest BCUT2D eigenvalue weighted by Gasteiger charge is -2.34. The number of carbonyl (C=O) groups excluding carboxylic acids is 1. The van der Waals surface area contributed by atoms with Crippen molar-refractivity contribution in [3.8, 4) is 0 Å². The van der Waals surface area contributed by atoms with E-state index in [9.17, 15) is 14.9 Å². The number of piperazine rings is 1. The zero-order valence-electron chi connectivity index (χ0n) is 17.1. The first-order valence-corrected chi connectivity index (χ1v) is 10.1. The molecule has 1 heterocycles. The Bertz CT molecular complexity index is 828. The largest absolute Gasteiger partial charge is 0.360 e. The Hall–Kier alpha value is -2.93. The van der Waals surface area contributed by atoms with Gasteiger partial charge in [-0.1, -0.05) is 31.2 Å². The van der Waals surface area contributed by atoms with Gasteiger partial charge in [-0.15, -0.1) is 0 Å². The quantitative estimate of drug-likeness (QED) is 0.568. The SMILES string of the molecule is CCc1ccc(CN(C)C(=O)C[NH+]2CCN(c3ccc([N+](=O)[O-])cc3)CC2)cc1. The Kier molecular flexibility index (Phi) is 6.82. The lowest BCUT2D eigenvalue weighted by atomic mass is 10.1. The highest BCUT2D eigenvalue weighted by molar-refractivity contribution is 5.76. The minimum absolute atomic E-state index is 0.107. The van der Waals surface area contributed by atoms with Gasteiger partial charge in [0.25, 0.3) is 11.6 Å². The molecule has 0 aliphatic carbocycles. The summed E-state index contributed by atoms with van der Waals surface area (Å²) in [5, 5.41) is 10.8. The molecule has 1 aliphatic rings. The number of nitro groups is 1. The average molecular weight is 397 g/mol. The molecule has 1 saturated heterocycles. The number of benzene rings is 2. The summed E-state index contributed by atoms with van der Waals surface area (Å²) in [6.07, 6.45) is 1.02. The summed E-state index contributed by atoms with van der Waals surface area (Å²) >= 11 is 0. The second-order valence-electron chi connectivity index (χ2n) is 7.61. The standard InChI is InChI=1S/C22H28N4O3/c1-3-18-4-6-19(7-5-18)16-23(2)22(27)17-24-12-14-25(15-13-24)20-8-10-21(11-9-20)26(28)29/h4-11H,3,12-17H2,1-2H3/p+1. The molecule has 0 spiro atoms. The van der Waals surface area contributed by atoms with Gasteiger partial charge in [0.05, 0.1) is 31.1 Å². The van der Waals surface area contributed by atoms with Gasteiger partial charge in [0.2, 0.25) is 0 Å². The number of nitro benzene ring substituents is 1. The number of amides is 1. The van der Waals surface area contributed by atoms with Gasteiger partial charge in [0, 0.05) is 31.4 Å². The molecule has 1 amide bonds. The Morgan fingerprint density at radius 3 is 2.21 bits per heavy atom. The number of carbonyl (C=O) groups is 1. The van der Waals surface area contributed by atoms with Crippen molar-refractivity contribution < 1.29 is 14.6 Å². The molecule has 1 N–H and O–H groups in total. The number of anilines is 1. The lowest BCUT2D eigenvalue weighted by molar-refractivity contribution is -0.892. The molecule has 0 aromatic heterocycles. The highest BCUT2D eigenvalue weighted by atomic mass is 16.6. The van der Waals surface area contributed by atoms with Crippen LogP contribution >= 0.6 is 0 Å². The summed E-state index contributed by atoms with van der Waals surface area (Å²) in [4.78, 5) is 28.3. The Morgan fingerprint density at radius 1 is 1.07 bits per heavy atom. The summed E-state index contributed by atoms with van der Waals surface area (Å²) in [6, 6.07) is 15.1. The monoisotopic (exact) mass is 397 g/mol. The van der Waals surface area contributed by atoms with Crippen molar-refractivity contribution in [1.82, 2.24) is 4.90 Å². The van der Waals surface area contributed by atoms with E-state index in [2.05, 4.69) is 36.1 Å². The van der Waals surface area contributed by atoms with Crippen LogP contribution in [0.3, 0.4) is 0 Å². The van der Waals surface area contributed by atoms with Crippen LogP contribution in [0.25, 0.3) is 0 Å². The molecule has 1 fully saturated rings. The van der Waals surface area contributed by atoms with E-state index in [1.54, 1.807) is 29.2 Å². The van der Waals surface area contributed by atoms with Gasteiger partial charge in [-0.05, 0) is 29.7 Å². The second-order valence-corrected chi connectivity index (χ2v) is 7.61. The first-order chi connectivity index (χ1) is 14.0. The van der Waals surface area contributed by atoms with Gasteiger partial charge < -0.3 is 14.7 Å². The first-order valence-electron chi connectivity index (χ1n) is 10.1. The van der Waals surface area contributed by atoms with Crippen molar-refractivity contribution in [2.24, 2.45) is 0 Å². The molecule has 7 nitrogen and oxygen atoms in total. The minimum atomic E-state index is -0.383. The normalized spacial score (nSPS) is 14.6. The topological polar surface area (TPSA) is 71.1 Å². The maximum absolute atomic E-state index is 12.6. The zero-order valence-corrected chi connectivity index (χ0v) is 17.1. The third-order valence-corrected chi connectivity index (χ3v) is 5.57. The predicted molar refractivity (Wildman–Crippen MR) is 113 cm³/mol. The molecule has 0 saturated carbocycles. The number of nitrogens with zero attached hydrogens (tertiary/aromatic N) is 3. The Balaban J connectivity index is 1.46. The molecule has 0 bridgehead atoms. The number of hydrogen-bond acceptors (Lipinski definition) is 4. The van der Waals surface area contributed by atoms with Gasteiger partial charge in [0.15, 0.2) is 6.54 Å². The molecule has 154 valence electrons. The van der Waals surface area contributed by atoms with E-state index in [1.165, 1.54) is 10.5 Å². The van der Waals surface area contributed by atoms with Crippen molar-refractivity contribution in [3.05, 3.63) is 69.8 Å². The first kappa shape index (κ1) is 20.8. The molecular weight excluding hydrogens is 368 g/mol. The van der Waals surface area contributed by atoms with E-state index >= 15 is 0 Å². The van der Waals surface area contributed by atoms with Crippen molar-refractivity contribution in [1.29, 1.82) is 0 Å². The highest BCUT2D eigenvalue weighted by Crippen LogP contribution is 2.19. The highest BCUT2D eigenvalue weighted by Gasteiger charge is 2.24. The van der Waals surface area contributed by atoms with E-state index in [0.717, 1.165) is 43.9 Å². The molecule has 29 heavy (non-hydrogen) atoms. The van der Waals surface area contributed by atoms with Crippen LogP contribution in [-0.2, 0) is 17.8 Å². The van der Waals surface area contributed by atoms with Crippen LogP contribution in [0.5, 0.6) is 0 Å².